The molecule has 5 nitrogen and oxygen atoms in total. The molecule has 3 aliphatic carbocycles. The van der Waals surface area contributed by atoms with Crippen LogP contribution in [0.15, 0.2) is 53.7 Å². The monoisotopic (exact) mass is 346 g/mol. The van der Waals surface area contributed by atoms with E-state index in [0.29, 0.717) is 5.56 Å². The highest BCUT2D eigenvalue weighted by Gasteiger charge is 2.56. The van der Waals surface area contributed by atoms with Gasteiger partial charge in [0.2, 0.25) is 0 Å². The maximum atomic E-state index is 12.8. The number of phenolic OH excluding ortho intramolecular Hbond substituents is 1. The molecule has 2 aromatic rings. The van der Waals surface area contributed by atoms with E-state index in [4.69, 9.17) is 0 Å². The maximum Gasteiger partial charge on any atom is 0.254 e. The average molecular weight is 346 g/mol. The predicted molar refractivity (Wildman–Crippen MR) is 97.4 cm³/mol. The first-order valence-electron chi connectivity index (χ1n) is 8.96. The quantitative estimate of drug-likeness (QED) is 0.516. The second kappa shape index (κ2) is 5.53. The summed E-state index contributed by atoms with van der Waals surface area (Å²) in [5, 5.41) is 17.2. The number of benzene rings is 2. The molecule has 4 atom stereocenters. The number of hydrogen-bond acceptors (Lipinski definition) is 4. The molecule has 6 rings (SSSR count). The number of allylic oxidation sites excluding steroid dienone is 2. The van der Waals surface area contributed by atoms with E-state index in [0.717, 1.165) is 28.6 Å². The Labute approximate surface area is 150 Å². The number of phenols is 1. The Morgan fingerprint density at radius 3 is 2.27 bits per heavy atom. The minimum absolute atomic E-state index is 0.0747. The van der Waals surface area contributed by atoms with Crippen LogP contribution in [0.3, 0.4) is 0 Å². The number of carbonyl (C=O) groups is 2. The molecule has 0 spiro atoms. The van der Waals surface area contributed by atoms with Crippen LogP contribution in [0.4, 0.5) is 0 Å². The summed E-state index contributed by atoms with van der Waals surface area (Å²) in [7, 11) is 0. The SMILES string of the molecule is O=C1[C@H]2[C@H](C(=O)N1N=Cc1c(O)ccc3ccccc13)[C@H]1C=C[C@H]2CC1. The summed E-state index contributed by atoms with van der Waals surface area (Å²) < 4.78 is 0. The minimum Gasteiger partial charge on any atom is -0.507 e. The summed E-state index contributed by atoms with van der Waals surface area (Å²) in [6, 6.07) is 11.0. The third-order valence-electron chi connectivity index (χ3n) is 5.99. The van der Waals surface area contributed by atoms with Crippen LogP contribution < -0.4 is 0 Å². The largest absolute Gasteiger partial charge is 0.507 e. The third kappa shape index (κ3) is 2.06. The van der Waals surface area contributed by atoms with Gasteiger partial charge < -0.3 is 5.11 Å². The molecule has 4 aliphatic rings. The van der Waals surface area contributed by atoms with Crippen LogP contribution in [0.5, 0.6) is 5.75 Å². The van der Waals surface area contributed by atoms with Gasteiger partial charge >= 0.3 is 0 Å². The van der Waals surface area contributed by atoms with Crippen molar-refractivity contribution in [1.82, 2.24) is 5.01 Å². The van der Waals surface area contributed by atoms with Gasteiger partial charge in [-0.1, -0.05) is 42.5 Å². The van der Waals surface area contributed by atoms with Crippen molar-refractivity contribution < 1.29 is 14.7 Å². The molecule has 1 heterocycles. The van der Waals surface area contributed by atoms with E-state index < -0.39 is 0 Å². The van der Waals surface area contributed by atoms with Gasteiger partial charge in [-0.3, -0.25) is 9.59 Å². The van der Waals surface area contributed by atoms with Crippen molar-refractivity contribution in [2.24, 2.45) is 28.8 Å². The lowest BCUT2D eigenvalue weighted by atomic mass is 9.63. The Balaban J connectivity index is 1.52. The first kappa shape index (κ1) is 15.3. The van der Waals surface area contributed by atoms with E-state index in [2.05, 4.69) is 17.3 Å². The first-order chi connectivity index (χ1) is 12.6. The number of hydrogen-bond donors (Lipinski definition) is 1. The molecule has 1 saturated carbocycles. The van der Waals surface area contributed by atoms with E-state index in [1.165, 1.54) is 6.21 Å². The lowest BCUT2D eigenvalue weighted by molar-refractivity contribution is -0.140. The Hall–Kier alpha value is -2.95. The highest BCUT2D eigenvalue weighted by atomic mass is 16.3. The second-order valence-electron chi connectivity index (χ2n) is 7.29. The van der Waals surface area contributed by atoms with Gasteiger partial charge in [0.1, 0.15) is 5.75 Å². The zero-order valence-corrected chi connectivity index (χ0v) is 14.1. The van der Waals surface area contributed by atoms with Crippen molar-refractivity contribution in [3.05, 3.63) is 54.1 Å². The molecule has 0 aromatic heterocycles. The van der Waals surface area contributed by atoms with Crippen molar-refractivity contribution in [2.45, 2.75) is 12.8 Å². The van der Waals surface area contributed by atoms with Gasteiger partial charge in [-0.15, -0.1) is 0 Å². The molecular weight excluding hydrogens is 328 g/mol. The fourth-order valence-electron chi connectivity index (χ4n) is 4.71. The van der Waals surface area contributed by atoms with Gasteiger partial charge in [0.25, 0.3) is 11.8 Å². The van der Waals surface area contributed by atoms with Gasteiger partial charge in [-0.2, -0.15) is 10.1 Å². The molecule has 1 N–H and O–H groups in total. The van der Waals surface area contributed by atoms with Crippen LogP contribution in [0.1, 0.15) is 18.4 Å². The third-order valence-corrected chi connectivity index (χ3v) is 5.99. The normalized spacial score (nSPS) is 29.9. The van der Waals surface area contributed by atoms with E-state index in [1.807, 2.05) is 30.3 Å². The summed E-state index contributed by atoms with van der Waals surface area (Å²) in [6.07, 6.45) is 7.53. The van der Waals surface area contributed by atoms with E-state index >= 15 is 0 Å². The molecule has 2 bridgehead atoms. The molecule has 1 aliphatic heterocycles. The molecule has 0 unspecified atom stereocenters. The number of carbonyl (C=O) groups excluding carboxylic acids is 2. The van der Waals surface area contributed by atoms with Crippen molar-refractivity contribution in [3.8, 4) is 5.75 Å². The van der Waals surface area contributed by atoms with Crippen LogP contribution in [0.25, 0.3) is 10.8 Å². The Morgan fingerprint density at radius 1 is 0.962 bits per heavy atom. The smallest absolute Gasteiger partial charge is 0.254 e. The van der Waals surface area contributed by atoms with Gasteiger partial charge in [-0.25, -0.2) is 0 Å². The van der Waals surface area contributed by atoms with Crippen LogP contribution in [0, 0.1) is 23.7 Å². The summed E-state index contributed by atoms with van der Waals surface area (Å²) in [5.74, 6) is -0.606. The Kier molecular flexibility index (Phi) is 3.26. The highest BCUT2D eigenvalue weighted by Crippen LogP contribution is 2.49. The predicted octanol–water partition coefficient (Wildman–Crippen LogP) is 3.08. The fourth-order valence-corrected chi connectivity index (χ4v) is 4.71. The summed E-state index contributed by atoms with van der Waals surface area (Å²) in [5.41, 5.74) is 0.514. The van der Waals surface area contributed by atoms with E-state index in [-0.39, 0.29) is 41.2 Å². The van der Waals surface area contributed by atoms with Crippen LogP contribution in [-0.2, 0) is 9.59 Å². The molecule has 1 saturated heterocycles. The Bertz CT molecular complexity index is 962. The molecule has 2 fully saturated rings. The average Bonchev–Trinajstić information content (AvgIpc) is 2.95. The first-order valence-corrected chi connectivity index (χ1v) is 8.96. The number of hydrazone groups is 1. The molecular formula is C21H18N2O3. The Morgan fingerprint density at radius 2 is 1.62 bits per heavy atom. The lowest BCUT2D eigenvalue weighted by Crippen LogP contribution is -2.38. The molecule has 26 heavy (non-hydrogen) atoms. The number of imide groups is 1. The van der Waals surface area contributed by atoms with Gasteiger partial charge in [0, 0.05) is 5.56 Å². The number of rotatable bonds is 2. The minimum atomic E-state index is -0.274. The van der Waals surface area contributed by atoms with Crippen molar-refractivity contribution in [2.75, 3.05) is 0 Å². The number of aromatic hydroxyl groups is 1. The second-order valence-corrected chi connectivity index (χ2v) is 7.29. The van der Waals surface area contributed by atoms with Crippen molar-refractivity contribution in [3.63, 3.8) is 0 Å². The standard InChI is InChI=1S/C21H18N2O3/c24-17-10-9-12-3-1-2-4-15(12)16(17)11-22-23-20(25)18-13-5-6-14(8-7-13)19(18)21(23)26/h1-6,9-11,13-14,18-19,24H,7-8H2/t13-,14-,18+,19+/m0/s1. The molecule has 0 radical (unpaired) electrons. The molecule has 130 valence electrons. The van der Waals surface area contributed by atoms with Gasteiger partial charge in [0.05, 0.1) is 18.1 Å². The van der Waals surface area contributed by atoms with Crippen molar-refractivity contribution >= 4 is 28.8 Å². The summed E-state index contributed by atoms with van der Waals surface area (Å²) in [6.45, 7) is 0. The number of amides is 2. The van der Waals surface area contributed by atoms with E-state index in [1.54, 1.807) is 6.07 Å². The summed E-state index contributed by atoms with van der Waals surface area (Å²) in [4.78, 5) is 25.6. The summed E-state index contributed by atoms with van der Waals surface area (Å²) >= 11 is 0. The van der Waals surface area contributed by atoms with Crippen molar-refractivity contribution in [1.29, 1.82) is 0 Å². The maximum absolute atomic E-state index is 12.8. The van der Waals surface area contributed by atoms with Crippen LogP contribution >= 0.6 is 0 Å². The lowest BCUT2D eigenvalue weighted by Gasteiger charge is -2.37. The van der Waals surface area contributed by atoms with Crippen LogP contribution in [-0.4, -0.2) is 28.1 Å². The van der Waals surface area contributed by atoms with E-state index in [9.17, 15) is 14.7 Å². The molecule has 2 aromatic carbocycles. The fraction of sp³-hybridized carbons (Fsp3) is 0.286. The number of fused-ring (bicyclic) bond motifs is 2. The van der Waals surface area contributed by atoms with Gasteiger partial charge in [-0.05, 0) is 41.5 Å². The van der Waals surface area contributed by atoms with Crippen LogP contribution in [0.2, 0.25) is 0 Å². The van der Waals surface area contributed by atoms with Gasteiger partial charge in [0.15, 0.2) is 0 Å². The topological polar surface area (TPSA) is 70.0 Å². The molecule has 5 heteroatoms. The molecule has 2 amide bonds. The number of nitrogens with zero attached hydrogens (tertiary/aromatic N) is 2. The zero-order chi connectivity index (χ0) is 17.8. The zero-order valence-electron chi connectivity index (χ0n) is 14.1. The highest BCUT2D eigenvalue weighted by molar-refractivity contribution is 6.08.